The number of halogens is 2. The third kappa shape index (κ3) is 3.08. The van der Waals surface area contributed by atoms with E-state index >= 15 is 0 Å². The van der Waals surface area contributed by atoms with Crippen LogP contribution in [0, 0.1) is 6.92 Å². The fraction of sp³-hybridized carbons (Fsp3) is 0.211. The maximum absolute atomic E-state index is 13.6. The summed E-state index contributed by atoms with van der Waals surface area (Å²) >= 11 is 0. The second-order valence-electron chi connectivity index (χ2n) is 6.33. The molecule has 0 aliphatic carbocycles. The van der Waals surface area contributed by atoms with Crippen LogP contribution in [-0.4, -0.2) is 19.9 Å². The molecule has 0 unspecified atom stereocenters. The van der Waals surface area contributed by atoms with Gasteiger partial charge >= 0.3 is 0 Å². The Labute approximate surface area is 148 Å². The molecule has 0 bridgehead atoms. The summed E-state index contributed by atoms with van der Waals surface area (Å²) in [7, 11) is 0. The number of alkyl halides is 2. The molecule has 0 saturated carbocycles. The fourth-order valence-corrected chi connectivity index (χ4v) is 2.86. The van der Waals surface area contributed by atoms with Crippen LogP contribution >= 0.6 is 0 Å². The molecule has 0 saturated heterocycles. The van der Waals surface area contributed by atoms with Crippen molar-refractivity contribution in [2.24, 2.45) is 0 Å². The molecule has 5 nitrogen and oxygen atoms in total. The van der Waals surface area contributed by atoms with Gasteiger partial charge in [-0.25, -0.2) is 8.78 Å². The van der Waals surface area contributed by atoms with Crippen molar-refractivity contribution in [3.05, 3.63) is 65.8 Å². The van der Waals surface area contributed by atoms with Crippen molar-refractivity contribution in [1.29, 1.82) is 0 Å². The molecule has 3 heterocycles. The number of aromatic nitrogens is 4. The predicted octanol–water partition coefficient (Wildman–Crippen LogP) is 4.55. The lowest BCUT2D eigenvalue weighted by atomic mass is 10.0. The van der Waals surface area contributed by atoms with Crippen LogP contribution in [0.4, 0.5) is 8.78 Å². The summed E-state index contributed by atoms with van der Waals surface area (Å²) in [5, 5.41) is 8.32. The molecule has 0 aliphatic rings. The van der Waals surface area contributed by atoms with Gasteiger partial charge in [-0.2, -0.15) is 5.10 Å². The Hall–Kier alpha value is -3.09. The van der Waals surface area contributed by atoms with Gasteiger partial charge in [0.2, 0.25) is 0 Å². The van der Waals surface area contributed by atoms with E-state index < -0.39 is 5.92 Å². The van der Waals surface area contributed by atoms with Crippen molar-refractivity contribution < 1.29 is 13.3 Å². The van der Waals surface area contributed by atoms with Gasteiger partial charge < -0.3 is 4.52 Å². The van der Waals surface area contributed by atoms with Gasteiger partial charge in [0.25, 0.3) is 5.92 Å². The highest BCUT2D eigenvalue weighted by atomic mass is 19.3. The Kier molecular flexibility index (Phi) is 3.79. The SMILES string of the molecule is Cc1cc(Cn2ncc3ncc(-c4cccc(C(C)(F)F)c4)cc32)no1. The molecule has 4 aromatic rings. The second-order valence-corrected chi connectivity index (χ2v) is 6.33. The number of benzene rings is 1. The molecule has 26 heavy (non-hydrogen) atoms. The zero-order chi connectivity index (χ0) is 18.3. The lowest BCUT2D eigenvalue weighted by molar-refractivity contribution is 0.0175. The van der Waals surface area contributed by atoms with E-state index in [1.54, 1.807) is 29.2 Å². The number of hydrogen-bond donors (Lipinski definition) is 0. The second kappa shape index (κ2) is 6.01. The van der Waals surface area contributed by atoms with E-state index in [0.717, 1.165) is 35.0 Å². The van der Waals surface area contributed by atoms with Gasteiger partial charge in [-0.15, -0.1) is 0 Å². The number of rotatable bonds is 4. The first-order valence-electron chi connectivity index (χ1n) is 8.13. The first-order valence-corrected chi connectivity index (χ1v) is 8.13. The summed E-state index contributed by atoms with van der Waals surface area (Å²) in [6.07, 6.45) is 3.34. The molecule has 0 radical (unpaired) electrons. The lowest BCUT2D eigenvalue weighted by Crippen LogP contribution is -2.06. The van der Waals surface area contributed by atoms with Gasteiger partial charge in [0, 0.05) is 30.3 Å². The summed E-state index contributed by atoms with van der Waals surface area (Å²) < 4.78 is 34.1. The van der Waals surface area contributed by atoms with E-state index in [-0.39, 0.29) is 5.56 Å². The minimum absolute atomic E-state index is 0.0262. The van der Waals surface area contributed by atoms with E-state index in [9.17, 15) is 8.78 Å². The first kappa shape index (κ1) is 16.4. The topological polar surface area (TPSA) is 56.7 Å². The van der Waals surface area contributed by atoms with Crippen molar-refractivity contribution in [1.82, 2.24) is 19.9 Å². The molecule has 0 amide bonds. The summed E-state index contributed by atoms with van der Waals surface area (Å²) in [6, 6.07) is 10.1. The number of fused-ring (bicyclic) bond motifs is 1. The molecule has 0 N–H and O–H groups in total. The average molecular weight is 354 g/mol. The molecule has 0 atom stereocenters. The summed E-state index contributed by atoms with van der Waals surface area (Å²) in [4.78, 5) is 4.40. The zero-order valence-corrected chi connectivity index (χ0v) is 14.3. The van der Waals surface area contributed by atoms with Gasteiger partial charge in [0.15, 0.2) is 0 Å². The van der Waals surface area contributed by atoms with Gasteiger partial charge in [0.1, 0.15) is 17.0 Å². The van der Waals surface area contributed by atoms with Crippen LogP contribution in [0.1, 0.15) is 23.9 Å². The monoisotopic (exact) mass is 354 g/mol. The van der Waals surface area contributed by atoms with E-state index in [1.165, 1.54) is 12.1 Å². The lowest BCUT2D eigenvalue weighted by Gasteiger charge is -2.12. The Morgan fingerprint density at radius 2 is 1.96 bits per heavy atom. The molecule has 3 aromatic heterocycles. The Bertz CT molecular complexity index is 1080. The fourth-order valence-electron chi connectivity index (χ4n) is 2.86. The molecule has 1 aromatic carbocycles. The number of aryl methyl sites for hydroxylation is 1. The minimum Gasteiger partial charge on any atom is -0.361 e. The van der Waals surface area contributed by atoms with Crippen molar-refractivity contribution in [3.63, 3.8) is 0 Å². The summed E-state index contributed by atoms with van der Waals surface area (Å²) in [5.74, 6) is -2.16. The van der Waals surface area contributed by atoms with Crippen LogP contribution in [0.25, 0.3) is 22.2 Å². The van der Waals surface area contributed by atoms with Crippen molar-refractivity contribution in [3.8, 4) is 11.1 Å². The summed E-state index contributed by atoms with van der Waals surface area (Å²) in [6.45, 7) is 3.16. The van der Waals surface area contributed by atoms with Crippen molar-refractivity contribution in [2.75, 3.05) is 0 Å². The third-order valence-electron chi connectivity index (χ3n) is 4.19. The van der Waals surface area contributed by atoms with E-state index in [2.05, 4.69) is 15.2 Å². The highest BCUT2D eigenvalue weighted by Gasteiger charge is 2.24. The molecule has 0 aliphatic heterocycles. The minimum atomic E-state index is -2.89. The van der Waals surface area contributed by atoms with Crippen LogP contribution in [0.5, 0.6) is 0 Å². The zero-order valence-electron chi connectivity index (χ0n) is 14.3. The maximum Gasteiger partial charge on any atom is 0.270 e. The van der Waals surface area contributed by atoms with E-state index in [4.69, 9.17) is 4.52 Å². The molecule has 0 fully saturated rings. The molecule has 7 heteroatoms. The Morgan fingerprint density at radius 1 is 1.12 bits per heavy atom. The first-order chi connectivity index (χ1) is 12.4. The van der Waals surface area contributed by atoms with Gasteiger partial charge in [-0.1, -0.05) is 23.4 Å². The van der Waals surface area contributed by atoms with E-state index in [1.807, 2.05) is 19.1 Å². The molecular weight excluding hydrogens is 338 g/mol. The van der Waals surface area contributed by atoms with Crippen molar-refractivity contribution >= 4 is 11.0 Å². The highest BCUT2D eigenvalue weighted by molar-refractivity contribution is 5.80. The Balaban J connectivity index is 1.74. The molecule has 4 rings (SSSR count). The van der Waals surface area contributed by atoms with Gasteiger partial charge in [-0.3, -0.25) is 9.67 Å². The van der Waals surface area contributed by atoms with E-state index in [0.29, 0.717) is 12.1 Å². The van der Waals surface area contributed by atoms with Crippen LogP contribution in [0.3, 0.4) is 0 Å². The standard InChI is InChI=1S/C19H16F2N4O/c1-12-6-16(24-26-12)11-25-18-8-14(9-22-17(18)10-23-25)13-4-3-5-15(7-13)19(2,20)21/h3-10H,11H2,1-2H3. The molecular formula is C19H16F2N4O. The van der Waals surface area contributed by atoms with Gasteiger partial charge in [0.05, 0.1) is 18.3 Å². The number of pyridine rings is 1. The van der Waals surface area contributed by atoms with Gasteiger partial charge in [-0.05, 0) is 24.6 Å². The van der Waals surface area contributed by atoms with Crippen LogP contribution in [0.15, 0.2) is 53.3 Å². The van der Waals surface area contributed by atoms with Crippen LogP contribution < -0.4 is 0 Å². The summed E-state index contributed by atoms with van der Waals surface area (Å²) in [5.41, 5.74) is 3.69. The molecule has 0 spiro atoms. The highest BCUT2D eigenvalue weighted by Crippen LogP contribution is 2.31. The molecule has 132 valence electrons. The normalized spacial score (nSPS) is 12.0. The van der Waals surface area contributed by atoms with Crippen LogP contribution in [-0.2, 0) is 12.5 Å². The predicted molar refractivity (Wildman–Crippen MR) is 92.9 cm³/mol. The van der Waals surface area contributed by atoms with Crippen molar-refractivity contribution in [2.45, 2.75) is 26.3 Å². The number of hydrogen-bond acceptors (Lipinski definition) is 4. The third-order valence-corrected chi connectivity index (χ3v) is 4.19. The quantitative estimate of drug-likeness (QED) is 0.539. The van der Waals surface area contributed by atoms with Crippen LogP contribution in [0.2, 0.25) is 0 Å². The average Bonchev–Trinajstić information content (AvgIpc) is 3.20. The number of nitrogens with zero attached hydrogens (tertiary/aromatic N) is 4. The smallest absolute Gasteiger partial charge is 0.270 e. The Morgan fingerprint density at radius 3 is 2.69 bits per heavy atom. The largest absolute Gasteiger partial charge is 0.361 e. The maximum atomic E-state index is 13.6.